The van der Waals surface area contributed by atoms with Crippen LogP contribution in [-0.2, 0) is 4.74 Å². The van der Waals surface area contributed by atoms with Crippen LogP contribution in [0.25, 0.3) is 27.0 Å². The first-order valence-electron chi connectivity index (χ1n) is 13.0. The minimum atomic E-state index is -0.504. The normalized spacial score (nSPS) is 15.5. The Morgan fingerprint density at radius 2 is 1.79 bits per heavy atom. The molecule has 200 valence electrons. The van der Waals surface area contributed by atoms with Crippen molar-refractivity contribution in [2.75, 3.05) is 44.4 Å². The van der Waals surface area contributed by atoms with Crippen LogP contribution in [0.2, 0.25) is 0 Å². The van der Waals surface area contributed by atoms with Crippen LogP contribution in [0, 0.1) is 0 Å². The number of ether oxygens (including phenoxy) is 3. The monoisotopic (exact) mass is 544 g/mol. The topological polar surface area (TPSA) is 104 Å². The summed E-state index contributed by atoms with van der Waals surface area (Å²) in [4.78, 5) is 27.4. The van der Waals surface area contributed by atoms with E-state index in [4.69, 9.17) is 24.4 Å². The predicted molar refractivity (Wildman–Crippen MR) is 152 cm³/mol. The minimum absolute atomic E-state index is 0.0753. The van der Waals surface area contributed by atoms with Gasteiger partial charge in [-0.05, 0) is 41.3 Å². The van der Waals surface area contributed by atoms with Crippen molar-refractivity contribution >= 4 is 39.0 Å². The van der Waals surface area contributed by atoms with Crippen LogP contribution in [0.15, 0.2) is 63.1 Å². The number of amides is 1. The molecule has 6 rings (SSSR count). The van der Waals surface area contributed by atoms with E-state index >= 15 is 0 Å². The van der Waals surface area contributed by atoms with Crippen LogP contribution in [0.3, 0.4) is 0 Å². The van der Waals surface area contributed by atoms with E-state index in [2.05, 4.69) is 6.08 Å². The largest absolute Gasteiger partial charge is 0.486 e. The molecule has 39 heavy (non-hydrogen) atoms. The van der Waals surface area contributed by atoms with Crippen molar-refractivity contribution in [1.82, 2.24) is 0 Å². The number of primary amides is 1. The van der Waals surface area contributed by atoms with Crippen molar-refractivity contribution < 1.29 is 23.4 Å². The van der Waals surface area contributed by atoms with Crippen molar-refractivity contribution in [3.05, 3.63) is 80.8 Å². The van der Waals surface area contributed by atoms with Crippen LogP contribution in [0.4, 0.5) is 5.88 Å². The van der Waals surface area contributed by atoms with E-state index in [0.717, 1.165) is 34.2 Å². The zero-order chi connectivity index (χ0) is 26.9. The van der Waals surface area contributed by atoms with Gasteiger partial charge >= 0.3 is 0 Å². The second kappa shape index (κ2) is 10.6. The molecule has 2 aliphatic heterocycles. The smallest absolute Gasteiger partial charge is 0.249 e. The van der Waals surface area contributed by atoms with E-state index in [1.807, 2.05) is 41.5 Å². The molecular weight excluding hydrogens is 516 g/mol. The fourth-order valence-corrected chi connectivity index (χ4v) is 5.99. The Hall–Kier alpha value is -4.08. The fourth-order valence-electron chi connectivity index (χ4n) is 5.08. The van der Waals surface area contributed by atoms with Crippen molar-refractivity contribution in [3.8, 4) is 22.6 Å². The van der Waals surface area contributed by atoms with E-state index in [-0.39, 0.29) is 5.43 Å². The number of nitrogens with zero attached hydrogens (tertiary/aromatic N) is 1. The lowest BCUT2D eigenvalue weighted by Crippen LogP contribution is -2.36. The SMILES string of the molecule is CC/C=C(/c1ccccc1C(N)=O)c1cc(-c2csc3c(=O)cc(N4CCOCC4)oc23)cc2c1OCCO2. The summed E-state index contributed by atoms with van der Waals surface area (Å²) in [7, 11) is 0. The number of fused-ring (bicyclic) bond motifs is 2. The number of morpholine rings is 1. The number of carbonyl (C=O) groups excluding carboxylic acids is 1. The molecule has 9 heteroatoms. The summed E-state index contributed by atoms with van der Waals surface area (Å²) in [5.41, 5.74) is 10.6. The van der Waals surface area contributed by atoms with E-state index in [1.54, 1.807) is 18.2 Å². The lowest BCUT2D eigenvalue weighted by molar-refractivity contribution is 0.1000. The van der Waals surface area contributed by atoms with Gasteiger partial charge in [-0.15, -0.1) is 11.3 Å². The van der Waals surface area contributed by atoms with Crippen molar-refractivity contribution in [3.63, 3.8) is 0 Å². The molecule has 0 saturated carbocycles. The van der Waals surface area contributed by atoms with Gasteiger partial charge in [-0.3, -0.25) is 9.59 Å². The molecule has 2 aromatic carbocycles. The van der Waals surface area contributed by atoms with Crippen LogP contribution in [0.1, 0.15) is 34.8 Å². The summed E-state index contributed by atoms with van der Waals surface area (Å²) in [5, 5.41) is 1.94. The van der Waals surface area contributed by atoms with Crippen LogP contribution in [-0.4, -0.2) is 45.4 Å². The summed E-state index contributed by atoms with van der Waals surface area (Å²) in [6.07, 6.45) is 2.78. The molecule has 1 fully saturated rings. The first-order chi connectivity index (χ1) is 19.0. The number of rotatable bonds is 6. The molecule has 0 unspecified atom stereocenters. The average molecular weight is 545 g/mol. The van der Waals surface area contributed by atoms with E-state index in [1.165, 1.54) is 11.3 Å². The summed E-state index contributed by atoms with van der Waals surface area (Å²) >= 11 is 1.36. The molecule has 4 heterocycles. The Morgan fingerprint density at radius 1 is 1.03 bits per heavy atom. The molecule has 1 saturated heterocycles. The van der Waals surface area contributed by atoms with Crippen molar-refractivity contribution in [2.24, 2.45) is 5.73 Å². The van der Waals surface area contributed by atoms with Gasteiger partial charge in [0.25, 0.3) is 0 Å². The zero-order valence-electron chi connectivity index (χ0n) is 21.5. The second-order valence-electron chi connectivity index (χ2n) is 9.34. The Morgan fingerprint density at radius 3 is 2.56 bits per heavy atom. The summed E-state index contributed by atoms with van der Waals surface area (Å²) in [6.45, 7) is 5.36. The molecule has 0 bridgehead atoms. The maximum absolute atomic E-state index is 13.1. The number of carbonyl (C=O) groups is 1. The zero-order valence-corrected chi connectivity index (χ0v) is 22.3. The number of anilines is 1. The highest BCUT2D eigenvalue weighted by atomic mass is 32.1. The summed E-state index contributed by atoms with van der Waals surface area (Å²) in [6, 6.07) is 12.8. The summed E-state index contributed by atoms with van der Waals surface area (Å²) < 4.78 is 24.5. The van der Waals surface area contributed by atoms with Gasteiger partial charge in [0.2, 0.25) is 11.3 Å². The van der Waals surface area contributed by atoms with Gasteiger partial charge in [-0.1, -0.05) is 31.2 Å². The Kier molecular flexibility index (Phi) is 6.85. The maximum Gasteiger partial charge on any atom is 0.249 e. The number of nitrogens with two attached hydrogens (primary N) is 1. The number of benzene rings is 2. The van der Waals surface area contributed by atoms with Gasteiger partial charge < -0.3 is 29.3 Å². The molecule has 0 atom stereocenters. The van der Waals surface area contributed by atoms with Gasteiger partial charge in [0, 0.05) is 41.2 Å². The maximum atomic E-state index is 13.1. The molecule has 2 aliphatic rings. The molecular formula is C30H28N2O6S. The van der Waals surface area contributed by atoms with Gasteiger partial charge in [0.15, 0.2) is 23.0 Å². The molecule has 2 aromatic heterocycles. The first-order valence-corrected chi connectivity index (χ1v) is 13.8. The Balaban J connectivity index is 1.55. The number of hydrogen-bond acceptors (Lipinski definition) is 8. The average Bonchev–Trinajstić information content (AvgIpc) is 3.41. The highest BCUT2D eigenvalue weighted by Crippen LogP contribution is 2.45. The highest BCUT2D eigenvalue weighted by Gasteiger charge is 2.25. The van der Waals surface area contributed by atoms with Gasteiger partial charge in [-0.2, -0.15) is 0 Å². The van der Waals surface area contributed by atoms with E-state index in [9.17, 15) is 9.59 Å². The number of hydrogen-bond donors (Lipinski definition) is 1. The van der Waals surface area contributed by atoms with E-state index < -0.39 is 5.91 Å². The fraction of sp³-hybridized carbons (Fsp3) is 0.267. The van der Waals surface area contributed by atoms with Crippen molar-refractivity contribution in [2.45, 2.75) is 13.3 Å². The third kappa shape index (κ3) is 4.68. The van der Waals surface area contributed by atoms with Crippen molar-refractivity contribution in [1.29, 1.82) is 0 Å². The number of thiophene rings is 1. The van der Waals surface area contributed by atoms with Crippen LogP contribution in [0.5, 0.6) is 11.5 Å². The standard InChI is InChI=1S/C30H28N2O6S/c1-2-5-19(20-6-3-4-7-21(20)30(31)34)22-14-18(15-25-27(22)37-13-12-36-25)23-17-39-29-24(33)16-26(38-28(23)29)32-8-10-35-11-9-32/h3-7,14-17H,2,8-13H2,1H3,(H2,31,34)/b19-5-. The van der Waals surface area contributed by atoms with E-state index in [0.29, 0.717) is 72.7 Å². The molecule has 2 N–H and O–H groups in total. The summed E-state index contributed by atoms with van der Waals surface area (Å²) in [5.74, 6) is 1.24. The first kappa shape index (κ1) is 25.2. The van der Waals surface area contributed by atoms with Gasteiger partial charge in [-0.25, -0.2) is 0 Å². The molecule has 4 aromatic rings. The predicted octanol–water partition coefficient (Wildman–Crippen LogP) is 5.07. The second-order valence-corrected chi connectivity index (χ2v) is 10.2. The van der Waals surface area contributed by atoms with Crippen LogP contribution >= 0.6 is 11.3 Å². The Labute approximate surface area is 229 Å². The third-order valence-electron chi connectivity index (χ3n) is 6.89. The molecule has 8 nitrogen and oxygen atoms in total. The van der Waals surface area contributed by atoms with Gasteiger partial charge in [0.1, 0.15) is 17.9 Å². The molecule has 0 spiro atoms. The lowest BCUT2D eigenvalue weighted by atomic mass is 9.90. The molecule has 1 amide bonds. The van der Waals surface area contributed by atoms with Gasteiger partial charge in [0.05, 0.1) is 13.2 Å². The minimum Gasteiger partial charge on any atom is -0.486 e. The Bertz CT molecular complexity index is 1650. The lowest BCUT2D eigenvalue weighted by Gasteiger charge is -2.27. The quantitative estimate of drug-likeness (QED) is 0.361. The number of allylic oxidation sites excluding steroid dienone is 1. The molecule has 0 radical (unpaired) electrons. The molecule has 0 aliphatic carbocycles. The van der Waals surface area contributed by atoms with Crippen LogP contribution < -0.4 is 25.5 Å². The third-order valence-corrected chi connectivity index (χ3v) is 7.86. The highest BCUT2D eigenvalue weighted by molar-refractivity contribution is 7.17.